The SMILES string of the molecule is O=S1(=O)C=CC2ONC(C3=C4C=CC=CC4N=C3)=C21. The number of hydroxylamine groups is 1. The Morgan fingerprint density at radius 1 is 1.26 bits per heavy atom. The van der Waals surface area contributed by atoms with Crippen LogP contribution >= 0.6 is 0 Å². The molecule has 2 unspecified atom stereocenters. The monoisotopic (exact) mass is 274 g/mol. The molecule has 0 aromatic heterocycles. The van der Waals surface area contributed by atoms with Crippen molar-refractivity contribution >= 4 is 16.1 Å². The molecule has 1 aliphatic carbocycles. The Bertz CT molecular complexity index is 751. The van der Waals surface area contributed by atoms with Crippen LogP contribution in [0.2, 0.25) is 0 Å². The highest BCUT2D eigenvalue weighted by Gasteiger charge is 2.40. The summed E-state index contributed by atoms with van der Waals surface area (Å²) >= 11 is 0. The van der Waals surface area contributed by atoms with Gasteiger partial charge in [-0.25, -0.2) is 8.42 Å². The normalized spacial score (nSPS) is 33.1. The molecule has 1 N–H and O–H groups in total. The lowest BCUT2D eigenvalue weighted by atomic mass is 9.98. The van der Waals surface area contributed by atoms with Gasteiger partial charge in [0, 0.05) is 17.2 Å². The summed E-state index contributed by atoms with van der Waals surface area (Å²) in [6, 6.07) is -0.0222. The van der Waals surface area contributed by atoms with E-state index in [1.54, 1.807) is 6.21 Å². The van der Waals surface area contributed by atoms with E-state index in [1.165, 1.54) is 11.5 Å². The third kappa shape index (κ3) is 1.44. The third-order valence-corrected chi connectivity index (χ3v) is 5.04. The third-order valence-electron chi connectivity index (χ3n) is 3.48. The first-order valence-electron chi connectivity index (χ1n) is 5.88. The number of fused-ring (bicyclic) bond motifs is 2. The number of nitrogens with one attached hydrogen (secondary N) is 1. The summed E-state index contributed by atoms with van der Waals surface area (Å²) in [7, 11) is -3.37. The molecule has 3 aliphatic heterocycles. The van der Waals surface area contributed by atoms with Gasteiger partial charge < -0.3 is 0 Å². The second-order valence-electron chi connectivity index (χ2n) is 4.59. The summed E-state index contributed by atoms with van der Waals surface area (Å²) < 4.78 is 24.0. The van der Waals surface area contributed by atoms with Crippen molar-refractivity contribution in [1.29, 1.82) is 0 Å². The largest absolute Gasteiger partial charge is 0.280 e. The van der Waals surface area contributed by atoms with Gasteiger partial charge in [0.15, 0.2) is 0 Å². The van der Waals surface area contributed by atoms with Crippen LogP contribution in [0, 0.1) is 0 Å². The zero-order valence-electron chi connectivity index (χ0n) is 9.78. The Hall–Kier alpha value is -1.92. The molecule has 5 nitrogen and oxygen atoms in total. The molecule has 2 atom stereocenters. The van der Waals surface area contributed by atoms with Gasteiger partial charge in [0.1, 0.15) is 11.0 Å². The molecule has 0 radical (unpaired) electrons. The molecule has 0 fully saturated rings. The van der Waals surface area contributed by atoms with E-state index in [2.05, 4.69) is 10.5 Å². The minimum Gasteiger partial charge on any atom is -0.280 e. The summed E-state index contributed by atoms with van der Waals surface area (Å²) in [5.74, 6) is 0. The van der Waals surface area contributed by atoms with Crippen LogP contribution < -0.4 is 5.48 Å². The van der Waals surface area contributed by atoms with E-state index in [0.29, 0.717) is 5.70 Å². The van der Waals surface area contributed by atoms with Gasteiger partial charge in [-0.2, -0.15) is 0 Å². The summed E-state index contributed by atoms with van der Waals surface area (Å²) in [5, 5.41) is 1.19. The molecular formula is C13H10N2O3S. The van der Waals surface area contributed by atoms with Crippen molar-refractivity contribution in [2.75, 3.05) is 0 Å². The van der Waals surface area contributed by atoms with E-state index in [-0.39, 0.29) is 10.9 Å². The van der Waals surface area contributed by atoms with Gasteiger partial charge in [0.25, 0.3) is 0 Å². The van der Waals surface area contributed by atoms with Gasteiger partial charge in [0.05, 0.1) is 11.7 Å². The van der Waals surface area contributed by atoms with E-state index >= 15 is 0 Å². The first kappa shape index (κ1) is 11.0. The van der Waals surface area contributed by atoms with E-state index < -0.39 is 15.9 Å². The highest BCUT2D eigenvalue weighted by Crippen LogP contribution is 2.37. The number of aliphatic imine (C=N–C) groups is 1. The average molecular weight is 274 g/mol. The van der Waals surface area contributed by atoms with Crippen LogP contribution in [0.25, 0.3) is 0 Å². The van der Waals surface area contributed by atoms with Crippen molar-refractivity contribution in [3.63, 3.8) is 0 Å². The average Bonchev–Trinajstić information content (AvgIpc) is 3.05. The van der Waals surface area contributed by atoms with Gasteiger partial charge in [-0.15, -0.1) is 0 Å². The predicted octanol–water partition coefficient (Wildman–Crippen LogP) is 0.919. The zero-order chi connectivity index (χ0) is 13.0. The van der Waals surface area contributed by atoms with Crippen LogP contribution in [0.5, 0.6) is 0 Å². The molecule has 0 aromatic rings. The maximum absolute atomic E-state index is 12.0. The van der Waals surface area contributed by atoms with Gasteiger partial charge in [0.2, 0.25) is 9.84 Å². The lowest BCUT2D eigenvalue weighted by Crippen LogP contribution is -2.13. The van der Waals surface area contributed by atoms with Crippen molar-refractivity contribution in [3.05, 3.63) is 57.5 Å². The minimum atomic E-state index is -3.37. The van der Waals surface area contributed by atoms with E-state index in [0.717, 1.165) is 11.1 Å². The van der Waals surface area contributed by atoms with Gasteiger partial charge >= 0.3 is 0 Å². The molecule has 0 amide bonds. The molecule has 3 heterocycles. The summed E-state index contributed by atoms with van der Waals surface area (Å²) in [4.78, 5) is 9.94. The van der Waals surface area contributed by atoms with Gasteiger partial charge in [-0.1, -0.05) is 24.3 Å². The van der Waals surface area contributed by atoms with Crippen LogP contribution in [0.4, 0.5) is 0 Å². The summed E-state index contributed by atoms with van der Waals surface area (Å²) in [5.41, 5.74) is 5.02. The maximum atomic E-state index is 12.0. The molecule has 6 heteroatoms. The molecule has 0 spiro atoms. The number of nitrogens with zero attached hydrogens (tertiary/aromatic N) is 1. The van der Waals surface area contributed by atoms with E-state index in [9.17, 15) is 8.42 Å². The van der Waals surface area contributed by atoms with Gasteiger partial charge in [-0.3, -0.25) is 15.3 Å². The fourth-order valence-electron chi connectivity index (χ4n) is 2.58. The first-order chi connectivity index (χ1) is 9.17. The standard InChI is InChI=1S/C13H10N2O3S/c16-19(17)6-5-11-13(19)12(15-18-11)9-7-14-10-4-2-1-3-8(9)10/h1-7,10-11,15H. The Balaban J connectivity index is 1.91. The number of allylic oxidation sites excluding steroid dienone is 3. The van der Waals surface area contributed by atoms with Crippen LogP contribution in [0.1, 0.15) is 0 Å². The fourth-order valence-corrected chi connectivity index (χ4v) is 3.97. The quantitative estimate of drug-likeness (QED) is 0.772. The Kier molecular flexibility index (Phi) is 2.05. The number of hydrogen-bond donors (Lipinski definition) is 1. The Labute approximate surface area is 110 Å². The number of hydrogen-bond acceptors (Lipinski definition) is 5. The van der Waals surface area contributed by atoms with Crippen LogP contribution in [-0.2, 0) is 14.7 Å². The minimum absolute atomic E-state index is 0.0222. The highest BCUT2D eigenvalue weighted by molar-refractivity contribution is 7.98. The molecule has 4 rings (SSSR count). The molecule has 19 heavy (non-hydrogen) atoms. The Morgan fingerprint density at radius 3 is 3.05 bits per heavy atom. The second-order valence-corrected chi connectivity index (χ2v) is 6.39. The van der Waals surface area contributed by atoms with Crippen molar-refractivity contribution < 1.29 is 13.3 Å². The molecule has 0 saturated heterocycles. The summed E-state index contributed by atoms with van der Waals surface area (Å²) in [6.45, 7) is 0. The van der Waals surface area contributed by atoms with Crippen molar-refractivity contribution in [2.45, 2.75) is 12.1 Å². The number of rotatable bonds is 1. The smallest absolute Gasteiger partial charge is 0.200 e. The van der Waals surface area contributed by atoms with Crippen LogP contribution in [-0.4, -0.2) is 26.8 Å². The highest BCUT2D eigenvalue weighted by atomic mass is 32.2. The molecule has 0 saturated carbocycles. The van der Waals surface area contributed by atoms with Crippen LogP contribution in [0.15, 0.2) is 62.5 Å². The fraction of sp³-hybridized carbons (Fsp3) is 0.154. The predicted molar refractivity (Wildman–Crippen MR) is 70.7 cm³/mol. The number of sulfone groups is 1. The van der Waals surface area contributed by atoms with Gasteiger partial charge in [-0.05, 0) is 11.6 Å². The molecule has 4 aliphatic rings. The first-order valence-corrected chi connectivity index (χ1v) is 7.43. The Morgan fingerprint density at radius 2 is 2.16 bits per heavy atom. The van der Waals surface area contributed by atoms with Crippen molar-refractivity contribution in [3.8, 4) is 0 Å². The molecule has 0 aromatic carbocycles. The lowest BCUT2D eigenvalue weighted by Gasteiger charge is -2.10. The molecule has 0 bridgehead atoms. The maximum Gasteiger partial charge on any atom is 0.200 e. The second kappa shape index (κ2) is 3.55. The zero-order valence-corrected chi connectivity index (χ0v) is 10.6. The molecular weight excluding hydrogens is 264 g/mol. The lowest BCUT2D eigenvalue weighted by molar-refractivity contribution is 0.0690. The van der Waals surface area contributed by atoms with Crippen molar-refractivity contribution in [2.24, 2.45) is 4.99 Å². The van der Waals surface area contributed by atoms with E-state index in [1.807, 2.05) is 24.3 Å². The topological polar surface area (TPSA) is 67.8 Å². The van der Waals surface area contributed by atoms with E-state index in [4.69, 9.17) is 4.84 Å². The molecule has 96 valence electrons. The summed E-state index contributed by atoms with van der Waals surface area (Å²) in [6.07, 6.45) is 10.5. The van der Waals surface area contributed by atoms with Crippen LogP contribution in [0.3, 0.4) is 0 Å². The van der Waals surface area contributed by atoms with Crippen molar-refractivity contribution in [1.82, 2.24) is 5.48 Å².